The second kappa shape index (κ2) is 7.45. The third kappa shape index (κ3) is 4.32. The standard InChI is InChI=1S/C18H18O5/c1-12(2)13-7-3-5-9-15(13)22-11-17(19)23-16-10-6-4-8-14(16)18(20)21/h3-10,12H,11H2,1-2H3,(H,20,21). The first-order chi connectivity index (χ1) is 11.0. The first-order valence-corrected chi connectivity index (χ1v) is 7.23. The van der Waals surface area contributed by atoms with Gasteiger partial charge in [-0.25, -0.2) is 9.59 Å². The molecule has 2 rings (SSSR count). The van der Waals surface area contributed by atoms with Crippen LogP contribution in [-0.2, 0) is 4.79 Å². The number of rotatable bonds is 6. The molecule has 0 amide bonds. The van der Waals surface area contributed by atoms with Gasteiger partial charge in [-0.1, -0.05) is 44.2 Å². The highest BCUT2D eigenvalue weighted by atomic mass is 16.6. The van der Waals surface area contributed by atoms with Gasteiger partial charge < -0.3 is 14.6 Å². The lowest BCUT2D eigenvalue weighted by molar-refractivity contribution is -0.136. The molecule has 1 N–H and O–H groups in total. The van der Waals surface area contributed by atoms with Crippen molar-refractivity contribution in [2.24, 2.45) is 0 Å². The maximum atomic E-state index is 11.9. The zero-order valence-corrected chi connectivity index (χ0v) is 13.0. The molecule has 0 saturated carbocycles. The zero-order chi connectivity index (χ0) is 16.8. The Morgan fingerprint density at radius 3 is 2.26 bits per heavy atom. The highest BCUT2D eigenvalue weighted by molar-refractivity contribution is 5.92. The van der Waals surface area contributed by atoms with Crippen LogP contribution in [0.2, 0.25) is 0 Å². The third-order valence-electron chi connectivity index (χ3n) is 3.23. The van der Waals surface area contributed by atoms with Gasteiger partial charge >= 0.3 is 11.9 Å². The number of ether oxygens (including phenoxy) is 2. The number of carbonyl (C=O) groups excluding carboxylic acids is 1. The van der Waals surface area contributed by atoms with Crippen LogP contribution in [-0.4, -0.2) is 23.7 Å². The van der Waals surface area contributed by atoms with Gasteiger partial charge in [-0.05, 0) is 29.7 Å². The van der Waals surface area contributed by atoms with E-state index in [0.29, 0.717) is 5.75 Å². The van der Waals surface area contributed by atoms with Crippen LogP contribution < -0.4 is 9.47 Å². The molecule has 0 aliphatic carbocycles. The summed E-state index contributed by atoms with van der Waals surface area (Å²) in [6.45, 7) is 3.77. The van der Waals surface area contributed by atoms with Crippen molar-refractivity contribution in [3.8, 4) is 11.5 Å². The molecule has 0 bridgehead atoms. The van der Waals surface area contributed by atoms with E-state index >= 15 is 0 Å². The summed E-state index contributed by atoms with van der Waals surface area (Å²) in [4.78, 5) is 23.0. The van der Waals surface area contributed by atoms with Gasteiger partial charge in [0.2, 0.25) is 0 Å². The summed E-state index contributed by atoms with van der Waals surface area (Å²) in [6, 6.07) is 13.4. The van der Waals surface area contributed by atoms with E-state index in [0.717, 1.165) is 5.56 Å². The van der Waals surface area contributed by atoms with Gasteiger partial charge in [0, 0.05) is 0 Å². The van der Waals surface area contributed by atoms with Crippen LogP contribution in [0.1, 0.15) is 35.7 Å². The van der Waals surface area contributed by atoms with Gasteiger partial charge in [-0.2, -0.15) is 0 Å². The molecule has 23 heavy (non-hydrogen) atoms. The maximum absolute atomic E-state index is 11.9. The largest absolute Gasteiger partial charge is 0.482 e. The summed E-state index contributed by atoms with van der Waals surface area (Å²) < 4.78 is 10.6. The van der Waals surface area contributed by atoms with Crippen molar-refractivity contribution in [1.29, 1.82) is 0 Å². The fourth-order valence-corrected chi connectivity index (χ4v) is 2.11. The number of hydrogen-bond acceptors (Lipinski definition) is 4. The summed E-state index contributed by atoms with van der Waals surface area (Å²) in [5.74, 6) is -0.927. The van der Waals surface area contributed by atoms with Gasteiger partial charge in [-0.3, -0.25) is 0 Å². The molecule has 2 aromatic rings. The molecule has 5 heteroatoms. The quantitative estimate of drug-likeness (QED) is 0.652. The second-order valence-corrected chi connectivity index (χ2v) is 5.26. The topological polar surface area (TPSA) is 72.8 Å². The average Bonchev–Trinajstić information content (AvgIpc) is 2.53. The van der Waals surface area contributed by atoms with Crippen molar-refractivity contribution in [2.75, 3.05) is 6.61 Å². The number of carbonyl (C=O) groups is 2. The van der Waals surface area contributed by atoms with E-state index in [1.165, 1.54) is 12.1 Å². The van der Waals surface area contributed by atoms with E-state index in [2.05, 4.69) is 0 Å². The lowest BCUT2D eigenvalue weighted by Crippen LogP contribution is -2.19. The SMILES string of the molecule is CC(C)c1ccccc1OCC(=O)Oc1ccccc1C(=O)O. The summed E-state index contributed by atoms with van der Waals surface area (Å²) in [7, 11) is 0. The number of carboxylic acid groups (broad SMARTS) is 1. The van der Waals surface area contributed by atoms with Gasteiger partial charge in [0.25, 0.3) is 0 Å². The van der Waals surface area contributed by atoms with Crippen molar-refractivity contribution in [1.82, 2.24) is 0 Å². The smallest absolute Gasteiger partial charge is 0.349 e. The number of hydrogen-bond donors (Lipinski definition) is 1. The van der Waals surface area contributed by atoms with Crippen LogP contribution in [0.4, 0.5) is 0 Å². The minimum atomic E-state index is -1.15. The van der Waals surface area contributed by atoms with Crippen LogP contribution in [0.3, 0.4) is 0 Å². The van der Waals surface area contributed by atoms with Crippen molar-refractivity contribution in [3.05, 3.63) is 59.7 Å². The van der Waals surface area contributed by atoms with E-state index in [4.69, 9.17) is 14.6 Å². The molecule has 0 saturated heterocycles. The third-order valence-corrected chi connectivity index (χ3v) is 3.23. The summed E-state index contributed by atoms with van der Waals surface area (Å²) in [5, 5.41) is 9.06. The fraction of sp³-hybridized carbons (Fsp3) is 0.222. The summed E-state index contributed by atoms with van der Waals surface area (Å²) in [5.41, 5.74) is 0.926. The maximum Gasteiger partial charge on any atom is 0.349 e. The second-order valence-electron chi connectivity index (χ2n) is 5.26. The van der Waals surface area contributed by atoms with Crippen molar-refractivity contribution in [2.45, 2.75) is 19.8 Å². The Labute approximate surface area is 134 Å². The molecule has 0 aliphatic heterocycles. The molecule has 0 heterocycles. The molecule has 5 nitrogen and oxygen atoms in total. The van der Waals surface area contributed by atoms with Crippen LogP contribution in [0.25, 0.3) is 0 Å². The number of aromatic carboxylic acids is 1. The number of carboxylic acids is 1. The Balaban J connectivity index is 2.03. The molecule has 0 atom stereocenters. The van der Waals surface area contributed by atoms with Gasteiger partial charge in [0.1, 0.15) is 17.1 Å². The van der Waals surface area contributed by atoms with Gasteiger partial charge in [0.15, 0.2) is 6.61 Å². The molecular formula is C18H18O5. The Kier molecular flexibility index (Phi) is 5.36. The minimum Gasteiger partial charge on any atom is -0.482 e. The van der Waals surface area contributed by atoms with E-state index in [1.54, 1.807) is 18.2 Å². The van der Waals surface area contributed by atoms with Crippen molar-refractivity contribution in [3.63, 3.8) is 0 Å². The first-order valence-electron chi connectivity index (χ1n) is 7.23. The summed E-state index contributed by atoms with van der Waals surface area (Å²) >= 11 is 0. The minimum absolute atomic E-state index is 0.00532. The van der Waals surface area contributed by atoms with E-state index in [1.807, 2.05) is 32.0 Å². The molecule has 2 aromatic carbocycles. The van der Waals surface area contributed by atoms with Crippen molar-refractivity contribution >= 4 is 11.9 Å². The Hall–Kier alpha value is -2.82. The molecule has 0 unspecified atom stereocenters. The van der Waals surface area contributed by atoms with Gasteiger partial charge in [0.05, 0.1) is 0 Å². The monoisotopic (exact) mass is 314 g/mol. The predicted molar refractivity (Wildman–Crippen MR) is 85.1 cm³/mol. The van der Waals surface area contributed by atoms with Crippen molar-refractivity contribution < 1.29 is 24.2 Å². The van der Waals surface area contributed by atoms with Crippen LogP contribution in [0, 0.1) is 0 Å². The number of para-hydroxylation sites is 2. The first kappa shape index (κ1) is 16.5. The Morgan fingerprint density at radius 2 is 1.61 bits per heavy atom. The lowest BCUT2D eigenvalue weighted by Gasteiger charge is -2.13. The lowest BCUT2D eigenvalue weighted by atomic mass is 10.0. The number of esters is 1. The van der Waals surface area contributed by atoms with Crippen LogP contribution in [0.15, 0.2) is 48.5 Å². The highest BCUT2D eigenvalue weighted by Gasteiger charge is 2.15. The molecule has 0 aliphatic rings. The normalized spacial score (nSPS) is 10.4. The van der Waals surface area contributed by atoms with Crippen LogP contribution in [0.5, 0.6) is 11.5 Å². The molecule has 0 radical (unpaired) electrons. The molecule has 0 fully saturated rings. The average molecular weight is 314 g/mol. The number of benzene rings is 2. The Bertz CT molecular complexity index is 706. The van der Waals surface area contributed by atoms with Crippen LogP contribution >= 0.6 is 0 Å². The van der Waals surface area contributed by atoms with E-state index < -0.39 is 11.9 Å². The highest BCUT2D eigenvalue weighted by Crippen LogP contribution is 2.26. The van der Waals surface area contributed by atoms with Gasteiger partial charge in [-0.15, -0.1) is 0 Å². The molecular weight excluding hydrogens is 296 g/mol. The molecule has 0 aromatic heterocycles. The molecule has 0 spiro atoms. The summed E-state index contributed by atoms with van der Waals surface area (Å²) in [6.07, 6.45) is 0. The Morgan fingerprint density at radius 1 is 1.00 bits per heavy atom. The fourth-order valence-electron chi connectivity index (χ4n) is 2.11. The van der Waals surface area contributed by atoms with E-state index in [9.17, 15) is 9.59 Å². The predicted octanol–water partition coefficient (Wildman–Crippen LogP) is 3.49. The van der Waals surface area contributed by atoms with E-state index in [-0.39, 0.29) is 23.8 Å². The zero-order valence-electron chi connectivity index (χ0n) is 13.0. The molecule has 120 valence electrons.